The van der Waals surface area contributed by atoms with Gasteiger partial charge >= 0.3 is 5.97 Å². The quantitative estimate of drug-likeness (QED) is 0.775. The van der Waals surface area contributed by atoms with Crippen LogP contribution in [0.5, 0.6) is 0 Å². The largest absolute Gasteiger partial charge is 0.469 e. The van der Waals surface area contributed by atoms with Crippen molar-refractivity contribution < 1.29 is 14.3 Å². The van der Waals surface area contributed by atoms with E-state index >= 15 is 0 Å². The summed E-state index contributed by atoms with van der Waals surface area (Å²) in [6.45, 7) is 1.48. The molecule has 1 heterocycles. The predicted molar refractivity (Wildman–Crippen MR) is 66.4 cm³/mol. The van der Waals surface area contributed by atoms with E-state index in [0.717, 1.165) is 11.0 Å². The zero-order valence-corrected chi connectivity index (χ0v) is 10.3. The van der Waals surface area contributed by atoms with Gasteiger partial charge in [0.15, 0.2) is 0 Å². The van der Waals surface area contributed by atoms with Crippen molar-refractivity contribution in [3.8, 4) is 0 Å². The normalized spacial score (nSPS) is 10.6. The summed E-state index contributed by atoms with van der Waals surface area (Å²) >= 11 is 0. The topological polar surface area (TPSA) is 61.2 Å². The van der Waals surface area contributed by atoms with Crippen molar-refractivity contribution in [2.75, 3.05) is 7.11 Å². The Morgan fingerprint density at radius 1 is 1.33 bits per heavy atom. The van der Waals surface area contributed by atoms with Crippen LogP contribution < -0.4 is 0 Å². The number of hydrogen-bond donors (Lipinski definition) is 0. The molecule has 94 valence electrons. The SMILES string of the molecule is COC(=O)CCc1nc2ccccc2n1C(C)=O. The third-order valence-corrected chi connectivity index (χ3v) is 2.73. The summed E-state index contributed by atoms with van der Waals surface area (Å²) in [5.74, 6) is 0.176. The predicted octanol–water partition coefficient (Wildman–Crippen LogP) is 1.80. The van der Waals surface area contributed by atoms with E-state index in [-0.39, 0.29) is 18.3 Å². The number of para-hydroxylation sites is 2. The van der Waals surface area contributed by atoms with Gasteiger partial charge in [0.1, 0.15) is 5.82 Å². The molecule has 0 N–H and O–H groups in total. The molecule has 0 saturated heterocycles. The lowest BCUT2D eigenvalue weighted by Gasteiger charge is -2.03. The Balaban J connectivity index is 2.40. The first-order chi connectivity index (χ1) is 8.63. The van der Waals surface area contributed by atoms with E-state index in [1.807, 2.05) is 24.3 Å². The van der Waals surface area contributed by atoms with E-state index in [1.54, 1.807) is 0 Å². The van der Waals surface area contributed by atoms with E-state index in [1.165, 1.54) is 18.6 Å². The number of methoxy groups -OCH3 is 1. The maximum atomic E-state index is 11.7. The highest BCUT2D eigenvalue weighted by molar-refractivity contribution is 5.90. The van der Waals surface area contributed by atoms with E-state index < -0.39 is 0 Å². The highest BCUT2D eigenvalue weighted by atomic mass is 16.5. The number of ether oxygens (including phenoxy) is 1. The van der Waals surface area contributed by atoms with Gasteiger partial charge in [-0.05, 0) is 12.1 Å². The molecule has 0 saturated carbocycles. The number of aryl methyl sites for hydroxylation is 1. The lowest BCUT2D eigenvalue weighted by atomic mass is 10.3. The van der Waals surface area contributed by atoms with Gasteiger partial charge < -0.3 is 4.74 Å². The van der Waals surface area contributed by atoms with Gasteiger partial charge in [-0.25, -0.2) is 4.98 Å². The maximum Gasteiger partial charge on any atom is 0.305 e. The molecular formula is C13H14N2O3. The van der Waals surface area contributed by atoms with Gasteiger partial charge in [0.2, 0.25) is 5.91 Å². The molecule has 1 aromatic carbocycles. The van der Waals surface area contributed by atoms with Gasteiger partial charge in [0.25, 0.3) is 0 Å². The van der Waals surface area contributed by atoms with E-state index in [4.69, 9.17) is 0 Å². The van der Waals surface area contributed by atoms with Crippen molar-refractivity contribution >= 4 is 22.9 Å². The van der Waals surface area contributed by atoms with E-state index in [9.17, 15) is 9.59 Å². The number of benzene rings is 1. The first-order valence-electron chi connectivity index (χ1n) is 5.67. The zero-order chi connectivity index (χ0) is 13.1. The molecule has 0 aliphatic heterocycles. The maximum absolute atomic E-state index is 11.7. The minimum atomic E-state index is -0.308. The zero-order valence-electron chi connectivity index (χ0n) is 10.3. The van der Waals surface area contributed by atoms with Crippen molar-refractivity contribution in [1.29, 1.82) is 0 Å². The van der Waals surface area contributed by atoms with Gasteiger partial charge in [0.05, 0.1) is 24.6 Å². The molecule has 1 aromatic heterocycles. The van der Waals surface area contributed by atoms with Crippen molar-refractivity contribution in [3.05, 3.63) is 30.1 Å². The third kappa shape index (κ3) is 2.25. The molecule has 2 aromatic rings. The van der Waals surface area contributed by atoms with Crippen molar-refractivity contribution in [1.82, 2.24) is 9.55 Å². The van der Waals surface area contributed by atoms with Crippen LogP contribution in [0, 0.1) is 0 Å². The van der Waals surface area contributed by atoms with Crippen LogP contribution in [0.15, 0.2) is 24.3 Å². The summed E-state index contributed by atoms with van der Waals surface area (Å²) in [6, 6.07) is 7.40. The van der Waals surface area contributed by atoms with Crippen molar-refractivity contribution in [3.63, 3.8) is 0 Å². The second-order valence-electron chi connectivity index (χ2n) is 3.95. The molecule has 0 aliphatic carbocycles. The summed E-state index contributed by atoms with van der Waals surface area (Å²) < 4.78 is 6.13. The summed E-state index contributed by atoms with van der Waals surface area (Å²) in [7, 11) is 1.34. The van der Waals surface area contributed by atoms with Crippen LogP contribution in [0.4, 0.5) is 0 Å². The van der Waals surface area contributed by atoms with Gasteiger partial charge in [-0.1, -0.05) is 12.1 Å². The number of aromatic nitrogens is 2. The molecule has 5 nitrogen and oxygen atoms in total. The lowest BCUT2D eigenvalue weighted by Crippen LogP contribution is -2.12. The van der Waals surface area contributed by atoms with E-state index in [0.29, 0.717) is 12.2 Å². The van der Waals surface area contributed by atoms with Crippen LogP contribution in [-0.2, 0) is 16.0 Å². The van der Waals surface area contributed by atoms with Gasteiger partial charge in [-0.2, -0.15) is 0 Å². The molecule has 2 rings (SSSR count). The fraction of sp³-hybridized carbons (Fsp3) is 0.308. The summed E-state index contributed by atoms with van der Waals surface area (Å²) in [6.07, 6.45) is 0.605. The molecule has 18 heavy (non-hydrogen) atoms. The Kier molecular flexibility index (Phi) is 3.41. The van der Waals surface area contributed by atoms with Crippen molar-refractivity contribution in [2.24, 2.45) is 0 Å². The second-order valence-corrected chi connectivity index (χ2v) is 3.95. The molecule has 0 fully saturated rings. The first kappa shape index (κ1) is 12.3. The number of fused-ring (bicyclic) bond motifs is 1. The molecule has 0 amide bonds. The Hall–Kier alpha value is -2.17. The smallest absolute Gasteiger partial charge is 0.305 e. The van der Waals surface area contributed by atoms with Crippen LogP contribution in [0.1, 0.15) is 24.0 Å². The monoisotopic (exact) mass is 246 g/mol. The van der Waals surface area contributed by atoms with Crippen molar-refractivity contribution in [2.45, 2.75) is 19.8 Å². The molecule has 0 atom stereocenters. The average molecular weight is 246 g/mol. The molecule has 0 aliphatic rings. The van der Waals surface area contributed by atoms with Crippen LogP contribution in [0.3, 0.4) is 0 Å². The number of rotatable bonds is 3. The number of carbonyl (C=O) groups is 2. The lowest BCUT2D eigenvalue weighted by molar-refractivity contribution is -0.140. The highest BCUT2D eigenvalue weighted by Gasteiger charge is 2.14. The number of nitrogens with zero attached hydrogens (tertiary/aromatic N) is 2. The standard InChI is InChI=1S/C13H14N2O3/c1-9(16)15-11-6-4-3-5-10(11)14-12(15)7-8-13(17)18-2/h3-6H,7-8H2,1-2H3. The first-order valence-corrected chi connectivity index (χ1v) is 5.67. The third-order valence-electron chi connectivity index (χ3n) is 2.73. The van der Waals surface area contributed by atoms with E-state index in [2.05, 4.69) is 9.72 Å². The minimum Gasteiger partial charge on any atom is -0.469 e. The number of esters is 1. The van der Waals surface area contributed by atoms with Crippen LogP contribution in [0.2, 0.25) is 0 Å². The molecule has 5 heteroatoms. The Labute approximate surface area is 104 Å². The van der Waals surface area contributed by atoms with Crippen LogP contribution in [0.25, 0.3) is 11.0 Å². The fourth-order valence-corrected chi connectivity index (χ4v) is 1.91. The fourth-order valence-electron chi connectivity index (χ4n) is 1.91. The van der Waals surface area contributed by atoms with Gasteiger partial charge in [-0.15, -0.1) is 0 Å². The molecule has 0 unspecified atom stereocenters. The molecule has 0 bridgehead atoms. The molecule has 0 radical (unpaired) electrons. The summed E-state index contributed by atoms with van der Waals surface area (Å²) in [5, 5.41) is 0. The Morgan fingerprint density at radius 2 is 2.06 bits per heavy atom. The second kappa shape index (κ2) is 5.00. The summed E-state index contributed by atoms with van der Waals surface area (Å²) in [4.78, 5) is 27.2. The van der Waals surface area contributed by atoms with Gasteiger partial charge in [0, 0.05) is 13.3 Å². The van der Waals surface area contributed by atoms with Crippen LogP contribution >= 0.6 is 0 Å². The Bertz CT molecular complexity index is 601. The summed E-state index contributed by atoms with van der Waals surface area (Å²) in [5.41, 5.74) is 1.53. The highest BCUT2D eigenvalue weighted by Crippen LogP contribution is 2.17. The van der Waals surface area contributed by atoms with Crippen LogP contribution in [-0.4, -0.2) is 28.5 Å². The number of carbonyl (C=O) groups excluding carboxylic acids is 2. The molecule has 0 spiro atoms. The average Bonchev–Trinajstić information content (AvgIpc) is 2.74. The molecular weight excluding hydrogens is 232 g/mol. The number of imidazole rings is 1. The Morgan fingerprint density at radius 3 is 2.72 bits per heavy atom. The van der Waals surface area contributed by atoms with Gasteiger partial charge in [-0.3, -0.25) is 14.2 Å². The minimum absolute atomic E-state index is 0.108. The number of hydrogen-bond acceptors (Lipinski definition) is 4.